The van der Waals surface area contributed by atoms with Crippen molar-refractivity contribution < 1.29 is 24.2 Å². The highest BCUT2D eigenvalue weighted by Gasteiger charge is 2.38. The van der Waals surface area contributed by atoms with Crippen LogP contribution in [0.4, 0.5) is 0 Å². The number of aliphatic carboxylic acids is 1. The Labute approximate surface area is 184 Å². The van der Waals surface area contributed by atoms with Gasteiger partial charge in [0.25, 0.3) is 5.91 Å². The Hall–Kier alpha value is -2.84. The number of benzene rings is 2. The van der Waals surface area contributed by atoms with E-state index in [0.29, 0.717) is 40.7 Å². The van der Waals surface area contributed by atoms with Crippen LogP contribution in [0.25, 0.3) is 6.08 Å². The van der Waals surface area contributed by atoms with Gasteiger partial charge in [-0.1, -0.05) is 60.4 Å². The summed E-state index contributed by atoms with van der Waals surface area (Å²) in [6.45, 7) is 4.73. The van der Waals surface area contributed by atoms with Gasteiger partial charge in [0.2, 0.25) is 0 Å². The highest BCUT2D eigenvalue weighted by atomic mass is 32.2. The summed E-state index contributed by atoms with van der Waals surface area (Å²) in [7, 11) is 0. The fraction of sp³-hybridized carbons (Fsp3) is 0.227. The van der Waals surface area contributed by atoms with Gasteiger partial charge in [-0.15, -0.1) is 0 Å². The zero-order chi connectivity index (χ0) is 21.7. The molecule has 1 fully saturated rings. The van der Waals surface area contributed by atoms with Gasteiger partial charge in [0.1, 0.15) is 10.4 Å². The summed E-state index contributed by atoms with van der Waals surface area (Å²) in [6.07, 6.45) is 1.66. The number of hydrogen-bond donors (Lipinski definition) is 0. The van der Waals surface area contributed by atoms with E-state index in [2.05, 4.69) is 0 Å². The van der Waals surface area contributed by atoms with Crippen molar-refractivity contribution in [3.8, 4) is 11.5 Å². The van der Waals surface area contributed by atoms with Crippen molar-refractivity contribution in [2.45, 2.75) is 19.9 Å². The normalized spacial score (nSPS) is 16.1. The summed E-state index contributed by atoms with van der Waals surface area (Å²) >= 11 is 6.38. The molecule has 1 aliphatic rings. The summed E-state index contributed by atoms with van der Waals surface area (Å²) < 4.78 is 11.3. The minimum Gasteiger partial charge on any atom is -0.547 e. The number of carboxylic acids is 1. The predicted molar refractivity (Wildman–Crippen MR) is 118 cm³/mol. The molecule has 8 heteroatoms. The monoisotopic (exact) mass is 442 g/mol. The lowest BCUT2D eigenvalue weighted by Gasteiger charge is -2.27. The molecule has 2 aromatic carbocycles. The number of rotatable bonds is 8. The predicted octanol–water partition coefficient (Wildman–Crippen LogP) is 3.18. The topological polar surface area (TPSA) is 78.9 Å². The molecule has 0 aromatic heterocycles. The van der Waals surface area contributed by atoms with E-state index in [4.69, 9.17) is 21.7 Å². The van der Waals surface area contributed by atoms with Crippen LogP contribution < -0.4 is 14.6 Å². The van der Waals surface area contributed by atoms with Gasteiger partial charge in [0.15, 0.2) is 11.5 Å². The standard InChI is InChI=1S/C22H21NO5S2/c1-3-27-16-11-10-14(12-17(16)28-4-2)13-18-20(24)23(22(29)30-18)19(21(25)26)15-8-6-5-7-9-15/h5-13,19H,3-4H2,1-2H3,(H,25,26)/p-1/b18-13-/t19-/m1/s1. The van der Waals surface area contributed by atoms with E-state index in [1.807, 2.05) is 13.8 Å². The lowest BCUT2D eigenvalue weighted by atomic mass is 10.1. The Morgan fingerprint density at radius 1 is 1.13 bits per heavy atom. The SMILES string of the molecule is CCOc1ccc(/C=C2\SC(=S)N([C@@H](C(=O)[O-])c3ccccc3)C2=O)cc1OCC. The van der Waals surface area contributed by atoms with Gasteiger partial charge in [-0.05, 0) is 43.2 Å². The summed E-state index contributed by atoms with van der Waals surface area (Å²) in [6, 6.07) is 12.5. The summed E-state index contributed by atoms with van der Waals surface area (Å²) in [5, 5.41) is 11.8. The highest BCUT2D eigenvalue weighted by Crippen LogP contribution is 2.39. The number of hydrogen-bond acceptors (Lipinski definition) is 7. The number of nitrogens with zero attached hydrogens (tertiary/aromatic N) is 1. The summed E-state index contributed by atoms with van der Waals surface area (Å²) in [5.41, 5.74) is 1.14. The van der Waals surface area contributed by atoms with Crippen LogP contribution >= 0.6 is 24.0 Å². The molecule has 156 valence electrons. The van der Waals surface area contributed by atoms with Gasteiger partial charge in [-0.25, -0.2) is 0 Å². The summed E-state index contributed by atoms with van der Waals surface area (Å²) in [5.74, 6) is -0.682. The molecule has 1 atom stereocenters. The van der Waals surface area contributed by atoms with Gasteiger partial charge in [-0.3, -0.25) is 9.69 Å². The van der Waals surface area contributed by atoms with Crippen molar-refractivity contribution in [3.63, 3.8) is 0 Å². The third kappa shape index (κ3) is 4.66. The number of thiocarbonyl (C=S) groups is 1. The van der Waals surface area contributed by atoms with Gasteiger partial charge in [-0.2, -0.15) is 0 Å². The molecule has 2 aromatic rings. The van der Waals surface area contributed by atoms with Crippen LogP contribution in [0, 0.1) is 0 Å². The van der Waals surface area contributed by atoms with Crippen LogP contribution in [-0.2, 0) is 9.59 Å². The molecule has 0 unspecified atom stereocenters. The zero-order valence-corrected chi connectivity index (χ0v) is 18.1. The Kier molecular flexibility index (Phi) is 7.12. The van der Waals surface area contributed by atoms with E-state index in [1.165, 1.54) is 0 Å². The van der Waals surface area contributed by atoms with E-state index in [0.717, 1.165) is 16.7 Å². The van der Waals surface area contributed by atoms with Crippen LogP contribution in [-0.4, -0.2) is 34.3 Å². The number of amides is 1. The van der Waals surface area contributed by atoms with E-state index in [-0.39, 0.29) is 4.32 Å². The maximum atomic E-state index is 13.0. The minimum absolute atomic E-state index is 0.167. The smallest absolute Gasteiger partial charge is 0.267 e. The maximum absolute atomic E-state index is 13.0. The number of thioether (sulfide) groups is 1. The number of carbonyl (C=O) groups is 2. The minimum atomic E-state index is -1.39. The third-order valence-corrected chi connectivity index (χ3v) is 5.62. The van der Waals surface area contributed by atoms with Crippen molar-refractivity contribution in [1.82, 2.24) is 4.90 Å². The zero-order valence-electron chi connectivity index (χ0n) is 16.5. The van der Waals surface area contributed by atoms with Crippen LogP contribution in [0.1, 0.15) is 31.0 Å². The van der Waals surface area contributed by atoms with E-state index in [9.17, 15) is 14.7 Å². The molecule has 1 heterocycles. The molecular formula is C22H20NO5S2-. The van der Waals surface area contributed by atoms with Crippen LogP contribution in [0.15, 0.2) is 53.4 Å². The highest BCUT2D eigenvalue weighted by molar-refractivity contribution is 8.26. The Bertz CT molecular complexity index is 990. The second-order valence-corrected chi connectivity index (χ2v) is 7.93. The molecule has 0 bridgehead atoms. The Morgan fingerprint density at radius 3 is 2.43 bits per heavy atom. The largest absolute Gasteiger partial charge is 0.547 e. The first kappa shape index (κ1) is 21.9. The second-order valence-electron chi connectivity index (χ2n) is 6.26. The van der Waals surface area contributed by atoms with Crippen molar-refractivity contribution in [1.29, 1.82) is 0 Å². The first-order valence-corrected chi connectivity index (χ1v) is 10.6. The van der Waals surface area contributed by atoms with Gasteiger partial charge in [0.05, 0.1) is 24.1 Å². The van der Waals surface area contributed by atoms with E-state index < -0.39 is 17.9 Å². The molecule has 1 amide bonds. The van der Waals surface area contributed by atoms with Gasteiger partial charge in [0, 0.05) is 0 Å². The quantitative estimate of drug-likeness (QED) is 0.459. The first-order valence-electron chi connectivity index (χ1n) is 9.38. The Balaban J connectivity index is 1.93. The molecule has 1 aliphatic heterocycles. The van der Waals surface area contributed by atoms with Crippen LogP contribution in [0.2, 0.25) is 0 Å². The molecule has 0 radical (unpaired) electrons. The first-order chi connectivity index (χ1) is 14.5. The summed E-state index contributed by atoms with van der Waals surface area (Å²) in [4.78, 5) is 26.3. The Morgan fingerprint density at radius 2 is 1.80 bits per heavy atom. The number of ether oxygens (including phenoxy) is 2. The second kappa shape index (κ2) is 9.77. The maximum Gasteiger partial charge on any atom is 0.267 e. The van der Waals surface area contributed by atoms with Gasteiger partial charge >= 0.3 is 0 Å². The third-order valence-electron chi connectivity index (χ3n) is 4.29. The molecular weight excluding hydrogens is 422 g/mol. The van der Waals surface area contributed by atoms with Crippen molar-refractivity contribution in [3.05, 3.63) is 64.6 Å². The number of carboxylic acid groups (broad SMARTS) is 1. The van der Waals surface area contributed by atoms with Crippen molar-refractivity contribution in [2.24, 2.45) is 0 Å². The molecule has 6 nitrogen and oxygen atoms in total. The van der Waals surface area contributed by atoms with Crippen LogP contribution in [0.3, 0.4) is 0 Å². The molecule has 0 spiro atoms. The van der Waals surface area contributed by atoms with Crippen molar-refractivity contribution >= 4 is 46.3 Å². The molecule has 0 saturated carbocycles. The lowest BCUT2D eigenvalue weighted by molar-refractivity contribution is -0.310. The average Bonchev–Trinajstić information content (AvgIpc) is 2.99. The molecule has 0 aliphatic carbocycles. The molecule has 3 rings (SSSR count). The fourth-order valence-electron chi connectivity index (χ4n) is 3.04. The number of carbonyl (C=O) groups excluding carboxylic acids is 2. The molecule has 1 saturated heterocycles. The lowest BCUT2D eigenvalue weighted by Crippen LogP contribution is -2.43. The van der Waals surface area contributed by atoms with Gasteiger partial charge < -0.3 is 19.4 Å². The van der Waals surface area contributed by atoms with E-state index >= 15 is 0 Å². The molecule has 30 heavy (non-hydrogen) atoms. The van der Waals surface area contributed by atoms with E-state index in [1.54, 1.807) is 54.6 Å². The van der Waals surface area contributed by atoms with Crippen LogP contribution in [0.5, 0.6) is 11.5 Å². The van der Waals surface area contributed by atoms with Crippen molar-refractivity contribution in [2.75, 3.05) is 13.2 Å². The molecule has 0 N–H and O–H groups in total. The average molecular weight is 443 g/mol. The fourth-order valence-corrected chi connectivity index (χ4v) is 4.35.